The molecule has 4 N–H and O–H groups in total. The Kier molecular flexibility index (Phi) is 37.5. The minimum absolute atomic E-state index is 0.125. The van der Waals surface area contributed by atoms with Crippen molar-refractivity contribution < 1.29 is 14.9 Å². The Balaban J connectivity index is -0.000000231. The zero-order valence-electron chi connectivity index (χ0n) is 25.9. The fraction of sp³-hybridized carbons (Fsp3) is 0.967. The van der Waals surface area contributed by atoms with E-state index in [1.807, 2.05) is 27.8 Å². The summed E-state index contributed by atoms with van der Waals surface area (Å²) < 4.78 is 5.08. The predicted octanol–water partition coefficient (Wildman–Crippen LogP) is 8.22. The lowest BCUT2D eigenvalue weighted by Gasteiger charge is -2.26. The Labute approximate surface area is 221 Å². The van der Waals surface area contributed by atoms with Gasteiger partial charge in [0.15, 0.2) is 0 Å². The van der Waals surface area contributed by atoms with Crippen LogP contribution in [0.3, 0.4) is 0 Å². The SMILES string of the molecule is CC(C)CC(C)O.CC=N.CCCCCCCC(C)CCC(C)(C)CCCO.CNCOC(C)C. The van der Waals surface area contributed by atoms with Gasteiger partial charge in [0.25, 0.3) is 0 Å². The van der Waals surface area contributed by atoms with Gasteiger partial charge >= 0.3 is 0 Å². The molecule has 35 heavy (non-hydrogen) atoms. The van der Waals surface area contributed by atoms with Gasteiger partial charge in [-0.1, -0.05) is 86.5 Å². The van der Waals surface area contributed by atoms with E-state index in [0.717, 1.165) is 25.2 Å². The lowest BCUT2D eigenvalue weighted by molar-refractivity contribution is 0.0686. The third-order valence-corrected chi connectivity index (χ3v) is 5.50. The van der Waals surface area contributed by atoms with Gasteiger partial charge in [-0.05, 0) is 83.9 Å². The van der Waals surface area contributed by atoms with Crippen LogP contribution in [0.2, 0.25) is 0 Å². The van der Waals surface area contributed by atoms with E-state index in [-0.39, 0.29) is 6.10 Å². The summed E-state index contributed by atoms with van der Waals surface area (Å²) in [6, 6.07) is 0. The monoisotopic (exact) mass is 505 g/mol. The fourth-order valence-electron chi connectivity index (χ4n) is 3.49. The number of aliphatic hydroxyl groups excluding tert-OH is 2. The third-order valence-electron chi connectivity index (χ3n) is 5.50. The van der Waals surface area contributed by atoms with Crippen molar-refractivity contribution in [1.82, 2.24) is 5.32 Å². The number of hydrogen-bond donors (Lipinski definition) is 4. The zero-order chi connectivity index (χ0) is 28.1. The summed E-state index contributed by atoms with van der Waals surface area (Å²) >= 11 is 0. The molecule has 0 aliphatic heterocycles. The molecule has 0 aromatic rings. The van der Waals surface area contributed by atoms with Crippen LogP contribution in [-0.4, -0.2) is 49.0 Å². The molecule has 5 heteroatoms. The van der Waals surface area contributed by atoms with Gasteiger partial charge in [-0.2, -0.15) is 0 Å². The zero-order valence-corrected chi connectivity index (χ0v) is 25.9. The second-order valence-corrected chi connectivity index (χ2v) is 11.3. The van der Waals surface area contributed by atoms with Crippen molar-refractivity contribution in [2.24, 2.45) is 17.3 Å². The van der Waals surface area contributed by atoms with Gasteiger partial charge in [-0.3, -0.25) is 5.32 Å². The molecule has 0 saturated heterocycles. The molecule has 0 heterocycles. The molecule has 0 spiro atoms. The quantitative estimate of drug-likeness (QED) is 0.0913. The van der Waals surface area contributed by atoms with Crippen LogP contribution >= 0.6 is 0 Å². The van der Waals surface area contributed by atoms with Crippen molar-refractivity contribution in [3.63, 3.8) is 0 Å². The summed E-state index contributed by atoms with van der Waals surface area (Å²) in [7, 11) is 1.86. The van der Waals surface area contributed by atoms with E-state index in [1.165, 1.54) is 57.6 Å². The van der Waals surface area contributed by atoms with Crippen LogP contribution < -0.4 is 5.32 Å². The molecule has 0 rings (SSSR count). The van der Waals surface area contributed by atoms with E-state index >= 15 is 0 Å². The average molecular weight is 505 g/mol. The molecular formula is C30H68N2O3. The summed E-state index contributed by atoms with van der Waals surface area (Å²) in [6.45, 7) is 22.1. The second-order valence-electron chi connectivity index (χ2n) is 11.3. The first kappa shape index (κ1) is 41.6. The van der Waals surface area contributed by atoms with Crippen molar-refractivity contribution in [2.45, 2.75) is 152 Å². The first-order valence-corrected chi connectivity index (χ1v) is 14.3. The average Bonchev–Trinajstić information content (AvgIpc) is 2.75. The van der Waals surface area contributed by atoms with Crippen LogP contribution in [0.25, 0.3) is 0 Å². The second kappa shape index (κ2) is 31.5. The van der Waals surface area contributed by atoms with Crippen LogP contribution in [0.5, 0.6) is 0 Å². The van der Waals surface area contributed by atoms with E-state index < -0.39 is 0 Å². The van der Waals surface area contributed by atoms with Gasteiger partial charge in [-0.25, -0.2) is 0 Å². The highest BCUT2D eigenvalue weighted by Crippen LogP contribution is 2.31. The molecule has 0 aliphatic rings. The first-order valence-electron chi connectivity index (χ1n) is 14.3. The van der Waals surface area contributed by atoms with E-state index in [1.54, 1.807) is 6.92 Å². The lowest BCUT2D eigenvalue weighted by Crippen LogP contribution is -2.15. The third kappa shape index (κ3) is 51.1. The van der Waals surface area contributed by atoms with Gasteiger partial charge in [0.1, 0.15) is 0 Å². The summed E-state index contributed by atoms with van der Waals surface area (Å²) in [5.74, 6) is 1.50. The molecule has 0 bridgehead atoms. The molecule has 0 aliphatic carbocycles. The van der Waals surface area contributed by atoms with Gasteiger partial charge in [0.05, 0.1) is 18.9 Å². The molecule has 0 saturated carbocycles. The van der Waals surface area contributed by atoms with Gasteiger partial charge in [0, 0.05) is 6.61 Å². The van der Waals surface area contributed by atoms with Gasteiger partial charge in [0.2, 0.25) is 0 Å². The van der Waals surface area contributed by atoms with Crippen LogP contribution in [0, 0.1) is 22.7 Å². The Hall–Kier alpha value is -0.490. The maximum absolute atomic E-state index is 8.89. The van der Waals surface area contributed by atoms with Gasteiger partial charge in [-0.15, -0.1) is 0 Å². The smallest absolute Gasteiger partial charge is 0.0966 e. The number of hydrogen-bond acceptors (Lipinski definition) is 5. The van der Waals surface area contributed by atoms with Crippen molar-refractivity contribution in [3.8, 4) is 0 Å². The van der Waals surface area contributed by atoms with Crippen molar-refractivity contribution >= 4 is 6.21 Å². The molecule has 0 fully saturated rings. The maximum Gasteiger partial charge on any atom is 0.0966 e. The highest BCUT2D eigenvalue weighted by atomic mass is 16.5. The van der Waals surface area contributed by atoms with Crippen LogP contribution in [-0.2, 0) is 4.74 Å². The Bertz CT molecular complexity index is 380. The van der Waals surface area contributed by atoms with Crippen LogP contribution in [0.1, 0.15) is 140 Å². The normalized spacial score (nSPS) is 12.5. The number of unbranched alkanes of at least 4 members (excludes halogenated alkanes) is 4. The molecule has 5 nitrogen and oxygen atoms in total. The molecule has 2 atom stereocenters. The van der Waals surface area contributed by atoms with Crippen LogP contribution in [0.15, 0.2) is 0 Å². The largest absolute Gasteiger partial charge is 0.396 e. The summed E-state index contributed by atoms with van der Waals surface area (Å²) in [6.07, 6.45) is 15.6. The number of nitrogens with one attached hydrogen (secondary N) is 2. The predicted molar refractivity (Wildman–Crippen MR) is 158 cm³/mol. The fourth-order valence-corrected chi connectivity index (χ4v) is 3.49. The minimum atomic E-state index is -0.125. The standard InChI is InChI=1S/C17H36O.C6H14O.C5H13NO.C2H5N/c1-5-6-7-8-9-11-16(2)12-14-17(3,4)13-10-15-18;1-5(2)4-6(3)7;1-5(2)7-4-6-3;1-2-3/h16,18H,5-15H2,1-4H3;5-7H,4H2,1-3H3;5-6H,4H2,1-3H3;2-3H,1H3. The van der Waals surface area contributed by atoms with E-state index in [2.05, 4.69) is 46.9 Å². The van der Waals surface area contributed by atoms with Crippen LogP contribution in [0.4, 0.5) is 0 Å². The number of ether oxygens (including phenoxy) is 1. The Morgan fingerprint density at radius 3 is 1.80 bits per heavy atom. The van der Waals surface area contributed by atoms with Crippen molar-refractivity contribution in [1.29, 1.82) is 5.41 Å². The molecule has 0 aromatic heterocycles. The highest BCUT2D eigenvalue weighted by molar-refractivity contribution is 5.48. The maximum atomic E-state index is 8.89. The molecule has 0 radical (unpaired) electrons. The first-order chi connectivity index (χ1) is 16.3. The summed E-state index contributed by atoms with van der Waals surface area (Å²) in [4.78, 5) is 0. The summed E-state index contributed by atoms with van der Waals surface area (Å²) in [5, 5.41) is 26.6. The molecular weight excluding hydrogens is 436 g/mol. The number of rotatable bonds is 17. The van der Waals surface area contributed by atoms with Crippen molar-refractivity contribution in [3.05, 3.63) is 0 Å². The minimum Gasteiger partial charge on any atom is -0.396 e. The molecule has 0 aromatic carbocycles. The van der Waals surface area contributed by atoms with E-state index in [0.29, 0.717) is 30.8 Å². The van der Waals surface area contributed by atoms with E-state index in [4.69, 9.17) is 20.4 Å². The lowest BCUT2D eigenvalue weighted by atomic mass is 9.80. The van der Waals surface area contributed by atoms with Gasteiger partial charge < -0.3 is 20.4 Å². The van der Waals surface area contributed by atoms with Crippen molar-refractivity contribution in [2.75, 3.05) is 20.4 Å². The Morgan fingerprint density at radius 1 is 0.914 bits per heavy atom. The molecule has 2 unspecified atom stereocenters. The highest BCUT2D eigenvalue weighted by Gasteiger charge is 2.18. The van der Waals surface area contributed by atoms with E-state index in [9.17, 15) is 0 Å². The number of aliphatic hydroxyl groups is 2. The topological polar surface area (TPSA) is 85.6 Å². The Morgan fingerprint density at radius 2 is 1.46 bits per heavy atom. The molecule has 216 valence electrons. The summed E-state index contributed by atoms with van der Waals surface area (Å²) in [5.41, 5.74) is 0.416. The molecule has 0 amide bonds.